The van der Waals surface area contributed by atoms with Gasteiger partial charge in [-0.1, -0.05) is 12.1 Å². The lowest BCUT2D eigenvalue weighted by Gasteiger charge is -2.19. The molecule has 1 aromatic carbocycles. The number of nitrogens with zero attached hydrogens (tertiary/aromatic N) is 2. The number of benzene rings is 1. The molecule has 0 unspecified atom stereocenters. The maximum atomic E-state index is 11.7. The first-order valence-electron chi connectivity index (χ1n) is 8.17. The van der Waals surface area contributed by atoms with Gasteiger partial charge in [-0.3, -0.25) is 0 Å². The van der Waals surface area contributed by atoms with Gasteiger partial charge in [0, 0.05) is 31.2 Å². The van der Waals surface area contributed by atoms with E-state index in [9.17, 15) is 4.79 Å². The summed E-state index contributed by atoms with van der Waals surface area (Å²) in [5.74, 6) is 0.995. The summed E-state index contributed by atoms with van der Waals surface area (Å²) in [5.41, 5.74) is 1.50. The van der Waals surface area contributed by atoms with Gasteiger partial charge in [-0.05, 0) is 45.4 Å². The molecule has 0 aliphatic heterocycles. The Hall–Kier alpha value is -2.50. The van der Waals surface area contributed by atoms with E-state index < -0.39 is 11.7 Å². The first kappa shape index (κ1) is 17.8. The Morgan fingerprint density at radius 2 is 2.08 bits per heavy atom. The van der Waals surface area contributed by atoms with E-state index in [1.54, 1.807) is 0 Å². The summed E-state index contributed by atoms with van der Waals surface area (Å²) in [5, 5.41) is 6.13. The number of aromatic nitrogens is 2. The zero-order valence-corrected chi connectivity index (χ0v) is 14.8. The van der Waals surface area contributed by atoms with Gasteiger partial charge in [-0.2, -0.15) is 0 Å². The number of carbonyl (C=O) groups excluding carboxylic acids is 1. The SMILES string of the molecule is CCn1ccnc1CNc1cccc(CNC(=O)OC(C)(C)C)c1. The smallest absolute Gasteiger partial charge is 0.407 e. The lowest BCUT2D eigenvalue weighted by Crippen LogP contribution is -2.32. The van der Waals surface area contributed by atoms with Crippen molar-refractivity contribution in [2.45, 2.75) is 52.9 Å². The van der Waals surface area contributed by atoms with Crippen molar-refractivity contribution < 1.29 is 9.53 Å². The van der Waals surface area contributed by atoms with Crippen LogP contribution in [0.2, 0.25) is 0 Å². The van der Waals surface area contributed by atoms with E-state index in [4.69, 9.17) is 4.74 Å². The van der Waals surface area contributed by atoms with Crippen LogP contribution in [-0.4, -0.2) is 21.2 Å². The third kappa shape index (κ3) is 5.61. The maximum absolute atomic E-state index is 11.7. The van der Waals surface area contributed by atoms with Crippen LogP contribution >= 0.6 is 0 Å². The van der Waals surface area contributed by atoms with Gasteiger partial charge in [0.15, 0.2) is 0 Å². The molecule has 0 saturated heterocycles. The highest BCUT2D eigenvalue weighted by Crippen LogP contribution is 2.12. The molecule has 1 heterocycles. The fourth-order valence-electron chi connectivity index (χ4n) is 2.26. The van der Waals surface area contributed by atoms with Crippen molar-refractivity contribution in [1.29, 1.82) is 0 Å². The van der Waals surface area contributed by atoms with Gasteiger partial charge >= 0.3 is 6.09 Å². The second-order valence-corrected chi connectivity index (χ2v) is 6.54. The van der Waals surface area contributed by atoms with E-state index in [1.165, 1.54) is 0 Å². The van der Waals surface area contributed by atoms with E-state index in [0.29, 0.717) is 13.1 Å². The Labute approximate surface area is 143 Å². The molecule has 0 radical (unpaired) electrons. The third-order valence-corrected chi connectivity index (χ3v) is 3.36. The highest BCUT2D eigenvalue weighted by atomic mass is 16.6. The first-order chi connectivity index (χ1) is 11.4. The van der Waals surface area contributed by atoms with Gasteiger partial charge in [0.05, 0.1) is 6.54 Å². The van der Waals surface area contributed by atoms with Crippen LogP contribution in [0, 0.1) is 0 Å². The van der Waals surface area contributed by atoms with Gasteiger partial charge in [0.1, 0.15) is 11.4 Å². The van der Waals surface area contributed by atoms with Crippen LogP contribution in [-0.2, 0) is 24.4 Å². The molecule has 1 amide bonds. The predicted molar refractivity (Wildman–Crippen MR) is 94.7 cm³/mol. The Morgan fingerprint density at radius 3 is 2.79 bits per heavy atom. The quantitative estimate of drug-likeness (QED) is 0.850. The molecule has 6 heteroatoms. The molecule has 1 aromatic heterocycles. The molecular weight excluding hydrogens is 304 g/mol. The monoisotopic (exact) mass is 330 g/mol. The van der Waals surface area contributed by atoms with E-state index in [0.717, 1.165) is 23.6 Å². The standard InChI is InChI=1S/C18H26N4O2/c1-5-22-10-9-19-16(22)13-20-15-8-6-7-14(11-15)12-21-17(23)24-18(2,3)4/h6-11,20H,5,12-13H2,1-4H3,(H,21,23). The number of anilines is 1. The number of rotatable bonds is 6. The minimum absolute atomic E-state index is 0.411. The van der Waals surface area contributed by atoms with Crippen LogP contribution in [0.5, 0.6) is 0 Å². The number of imidazole rings is 1. The molecule has 2 N–H and O–H groups in total. The summed E-state index contributed by atoms with van der Waals surface area (Å²) >= 11 is 0. The summed E-state index contributed by atoms with van der Waals surface area (Å²) in [6, 6.07) is 7.93. The van der Waals surface area contributed by atoms with Crippen LogP contribution in [0.25, 0.3) is 0 Å². The Bertz CT molecular complexity index is 674. The molecule has 0 aliphatic carbocycles. The van der Waals surface area contributed by atoms with Crippen LogP contribution in [0.3, 0.4) is 0 Å². The molecule has 0 atom stereocenters. The maximum Gasteiger partial charge on any atom is 0.407 e. The largest absolute Gasteiger partial charge is 0.444 e. The Morgan fingerprint density at radius 1 is 1.29 bits per heavy atom. The molecule has 2 aromatic rings. The van der Waals surface area contributed by atoms with Crippen LogP contribution in [0.1, 0.15) is 39.1 Å². The van der Waals surface area contributed by atoms with Crippen molar-refractivity contribution in [3.63, 3.8) is 0 Å². The number of hydrogen-bond acceptors (Lipinski definition) is 4. The predicted octanol–water partition coefficient (Wildman–Crippen LogP) is 3.54. The molecule has 24 heavy (non-hydrogen) atoms. The number of amides is 1. The van der Waals surface area contributed by atoms with Crippen molar-refractivity contribution in [3.05, 3.63) is 48.0 Å². The van der Waals surface area contributed by atoms with Gasteiger partial charge in [0.25, 0.3) is 0 Å². The highest BCUT2D eigenvalue weighted by Gasteiger charge is 2.15. The number of ether oxygens (including phenoxy) is 1. The number of hydrogen-bond donors (Lipinski definition) is 2. The highest BCUT2D eigenvalue weighted by molar-refractivity contribution is 5.67. The zero-order valence-electron chi connectivity index (χ0n) is 14.8. The molecular formula is C18H26N4O2. The summed E-state index contributed by atoms with van der Waals surface area (Å²) in [6.07, 6.45) is 3.37. The van der Waals surface area contributed by atoms with Crippen LogP contribution in [0.4, 0.5) is 10.5 Å². The molecule has 0 bridgehead atoms. The lowest BCUT2D eigenvalue weighted by molar-refractivity contribution is 0.0523. The number of aryl methyl sites for hydroxylation is 1. The summed E-state index contributed by atoms with van der Waals surface area (Å²) in [7, 11) is 0. The van der Waals surface area contributed by atoms with E-state index >= 15 is 0 Å². The number of alkyl carbamates (subject to hydrolysis) is 1. The van der Waals surface area contributed by atoms with Crippen LogP contribution in [0.15, 0.2) is 36.7 Å². The zero-order chi connectivity index (χ0) is 17.6. The average Bonchev–Trinajstić information content (AvgIpc) is 2.97. The molecule has 0 spiro atoms. The minimum Gasteiger partial charge on any atom is -0.444 e. The summed E-state index contributed by atoms with van der Waals surface area (Å²) < 4.78 is 7.33. The topological polar surface area (TPSA) is 68.2 Å². The fourth-order valence-corrected chi connectivity index (χ4v) is 2.26. The molecule has 6 nitrogen and oxygen atoms in total. The van der Waals surface area contributed by atoms with Gasteiger partial charge in [-0.15, -0.1) is 0 Å². The second-order valence-electron chi connectivity index (χ2n) is 6.54. The fraction of sp³-hybridized carbons (Fsp3) is 0.444. The summed E-state index contributed by atoms with van der Waals surface area (Å²) in [4.78, 5) is 16.1. The van der Waals surface area contributed by atoms with Crippen molar-refractivity contribution in [3.8, 4) is 0 Å². The van der Waals surface area contributed by atoms with Gasteiger partial charge < -0.3 is 19.9 Å². The van der Waals surface area contributed by atoms with Crippen molar-refractivity contribution in [1.82, 2.24) is 14.9 Å². The average molecular weight is 330 g/mol. The first-order valence-corrected chi connectivity index (χ1v) is 8.17. The molecule has 0 saturated carbocycles. The van der Waals surface area contributed by atoms with E-state index in [2.05, 4.69) is 27.1 Å². The third-order valence-electron chi connectivity index (χ3n) is 3.36. The van der Waals surface area contributed by atoms with E-state index in [1.807, 2.05) is 57.4 Å². The molecule has 0 aliphatic rings. The summed E-state index contributed by atoms with van der Waals surface area (Å²) in [6.45, 7) is 9.61. The van der Waals surface area contributed by atoms with Crippen molar-refractivity contribution in [2.75, 3.05) is 5.32 Å². The van der Waals surface area contributed by atoms with Crippen molar-refractivity contribution in [2.24, 2.45) is 0 Å². The Kier molecular flexibility index (Phi) is 5.84. The minimum atomic E-state index is -0.491. The normalized spacial score (nSPS) is 11.2. The molecule has 2 rings (SSSR count). The Balaban J connectivity index is 1.88. The van der Waals surface area contributed by atoms with E-state index in [-0.39, 0.29) is 0 Å². The van der Waals surface area contributed by atoms with Crippen LogP contribution < -0.4 is 10.6 Å². The van der Waals surface area contributed by atoms with Gasteiger partial charge in [0.2, 0.25) is 0 Å². The number of nitrogens with one attached hydrogen (secondary N) is 2. The molecule has 0 fully saturated rings. The number of carbonyl (C=O) groups is 1. The van der Waals surface area contributed by atoms with Gasteiger partial charge in [-0.25, -0.2) is 9.78 Å². The lowest BCUT2D eigenvalue weighted by atomic mass is 10.2. The van der Waals surface area contributed by atoms with Crippen molar-refractivity contribution >= 4 is 11.8 Å². The second kappa shape index (κ2) is 7.86. The molecule has 130 valence electrons.